The van der Waals surface area contributed by atoms with E-state index in [-0.39, 0.29) is 0 Å². The van der Waals surface area contributed by atoms with E-state index in [1.165, 1.54) is 12.7 Å². The van der Waals surface area contributed by atoms with Crippen molar-refractivity contribution in [3.05, 3.63) is 0 Å². The van der Waals surface area contributed by atoms with Crippen molar-refractivity contribution >= 4 is 12.7 Å². The molecule has 1 N–H and O–H groups in total. The lowest BCUT2D eigenvalue weighted by atomic mass is 10.9. The average Bonchev–Trinajstić information content (AvgIpc) is 2.03. The second-order valence-corrected chi connectivity index (χ2v) is 1.47. The molecule has 0 aromatic heterocycles. The quantitative estimate of drug-likeness (QED) is 0.266. The van der Waals surface area contributed by atoms with E-state index < -0.39 is 0 Å². The lowest BCUT2D eigenvalue weighted by Gasteiger charge is -1.93. The van der Waals surface area contributed by atoms with Crippen LogP contribution in [-0.4, -0.2) is 25.9 Å². The molecule has 11 heavy (non-hydrogen) atoms. The smallest absolute Gasteiger partial charge is 0.156 e. The summed E-state index contributed by atoms with van der Waals surface area (Å²) in [5, 5.41) is 3.47. The number of nitrogens with one attached hydrogen (secondary N) is 1. The van der Waals surface area contributed by atoms with Gasteiger partial charge in [0.1, 0.15) is 12.9 Å². The third kappa shape index (κ3) is 8.90. The first-order chi connectivity index (χ1) is 5.41. The molecule has 0 amide bonds. The Labute approximate surface area is 66.0 Å². The number of oxime groups is 1. The predicted octanol–water partition coefficient (Wildman–Crippen LogP) is 0.536. The summed E-state index contributed by atoms with van der Waals surface area (Å²) < 4.78 is 0. The molecule has 0 aromatic carbocycles. The van der Waals surface area contributed by atoms with Gasteiger partial charge in [0.05, 0.1) is 6.61 Å². The van der Waals surface area contributed by atoms with Crippen LogP contribution in [0.25, 0.3) is 0 Å². The van der Waals surface area contributed by atoms with E-state index in [9.17, 15) is 0 Å². The van der Waals surface area contributed by atoms with Crippen molar-refractivity contribution in [2.45, 2.75) is 13.8 Å². The number of hydrogen-bond acceptors (Lipinski definition) is 3. The van der Waals surface area contributed by atoms with Crippen LogP contribution < -0.4 is 5.48 Å². The van der Waals surface area contributed by atoms with Gasteiger partial charge >= 0.3 is 0 Å². The molecule has 0 spiro atoms. The van der Waals surface area contributed by atoms with Crippen LogP contribution in [0.3, 0.4) is 0 Å². The molecular weight excluding hydrogens is 146 g/mol. The zero-order valence-corrected chi connectivity index (χ0v) is 6.78. The van der Waals surface area contributed by atoms with Gasteiger partial charge in [-0.15, -0.1) is 0 Å². The van der Waals surface area contributed by atoms with Gasteiger partial charge in [-0.3, -0.25) is 10.3 Å². The molecule has 0 fully saturated rings. The molecule has 0 aliphatic carbocycles. The normalized spacial score (nSPS) is 11.1. The van der Waals surface area contributed by atoms with Crippen LogP contribution in [-0.2, 0) is 9.68 Å². The molecule has 0 bridgehead atoms. The van der Waals surface area contributed by atoms with Gasteiger partial charge in [0.15, 0.2) is 6.34 Å². The van der Waals surface area contributed by atoms with Crippen molar-refractivity contribution in [1.82, 2.24) is 5.48 Å². The van der Waals surface area contributed by atoms with Gasteiger partial charge in [-0.2, -0.15) is 0 Å². The number of aliphatic imine (C=N–C) groups is 1. The molecule has 64 valence electrons. The Kier molecular flexibility index (Phi) is 8.01. The summed E-state index contributed by atoms with van der Waals surface area (Å²) in [6.45, 7) is 4.86. The van der Waals surface area contributed by atoms with E-state index in [4.69, 9.17) is 4.84 Å². The molecule has 5 heteroatoms. The third-order valence-electron chi connectivity index (χ3n) is 0.672. The maximum atomic E-state index is 4.74. The molecule has 0 radical (unpaired) electrons. The fraction of sp³-hybridized carbons (Fsp3) is 0.667. The van der Waals surface area contributed by atoms with Crippen LogP contribution in [0.4, 0.5) is 0 Å². The molecule has 0 aliphatic heterocycles. The fourth-order valence-electron chi connectivity index (χ4n) is 0.319. The Bertz CT molecular complexity index is 125. The van der Waals surface area contributed by atoms with Gasteiger partial charge in [0.2, 0.25) is 0 Å². The Balaban J connectivity index is 3.14. The van der Waals surface area contributed by atoms with Crippen molar-refractivity contribution in [2.24, 2.45) is 10.1 Å². The van der Waals surface area contributed by atoms with Crippen molar-refractivity contribution in [2.75, 3.05) is 13.2 Å². The summed E-state index contributed by atoms with van der Waals surface area (Å²) in [6.07, 6.45) is 2.67. The summed E-state index contributed by atoms with van der Waals surface area (Å²) in [5.74, 6) is 0. The van der Waals surface area contributed by atoms with Gasteiger partial charge in [0.25, 0.3) is 0 Å². The topological polar surface area (TPSA) is 55.2 Å². The second kappa shape index (κ2) is 8.90. The first-order valence-corrected chi connectivity index (χ1v) is 3.44. The fourth-order valence-corrected chi connectivity index (χ4v) is 0.319. The van der Waals surface area contributed by atoms with Gasteiger partial charge < -0.3 is 4.84 Å². The maximum absolute atomic E-state index is 4.74. The minimum atomic E-state index is 0.547. The predicted molar refractivity (Wildman–Crippen MR) is 43.4 cm³/mol. The van der Waals surface area contributed by atoms with Crippen LogP contribution in [0.15, 0.2) is 10.1 Å². The highest BCUT2D eigenvalue weighted by Crippen LogP contribution is 1.70. The van der Waals surface area contributed by atoms with Crippen molar-refractivity contribution in [3.8, 4) is 0 Å². The number of hydroxylamine groups is 1. The molecule has 5 nitrogen and oxygen atoms in total. The van der Waals surface area contributed by atoms with E-state index in [0.717, 1.165) is 0 Å². The van der Waals surface area contributed by atoms with Crippen molar-refractivity contribution < 1.29 is 9.68 Å². The highest BCUT2D eigenvalue weighted by atomic mass is 16.6. The van der Waals surface area contributed by atoms with Gasteiger partial charge in [-0.05, 0) is 13.8 Å². The molecule has 0 aromatic rings. The van der Waals surface area contributed by atoms with Crippen LogP contribution in [0.2, 0.25) is 0 Å². The summed E-state index contributed by atoms with van der Waals surface area (Å²) in [5.41, 5.74) is 2.47. The summed E-state index contributed by atoms with van der Waals surface area (Å²) >= 11 is 0. The van der Waals surface area contributed by atoms with Crippen LogP contribution in [0.5, 0.6) is 0 Å². The Hall–Kier alpha value is -1.10. The highest BCUT2D eigenvalue weighted by Gasteiger charge is 1.71. The van der Waals surface area contributed by atoms with Crippen LogP contribution in [0, 0.1) is 0 Å². The van der Waals surface area contributed by atoms with E-state index in [0.29, 0.717) is 13.2 Å². The summed E-state index contributed by atoms with van der Waals surface area (Å²) in [7, 11) is 0. The average molecular weight is 159 g/mol. The largest absolute Gasteiger partial charge is 0.395 e. The van der Waals surface area contributed by atoms with Crippen LogP contribution >= 0.6 is 0 Å². The maximum Gasteiger partial charge on any atom is 0.156 e. The second-order valence-electron chi connectivity index (χ2n) is 1.47. The molecule has 0 saturated carbocycles. The lowest BCUT2D eigenvalue weighted by molar-refractivity contribution is 0.100. The van der Waals surface area contributed by atoms with E-state index >= 15 is 0 Å². The molecule has 0 atom stereocenters. The Morgan fingerprint density at radius 3 is 2.82 bits per heavy atom. The zero-order valence-electron chi connectivity index (χ0n) is 6.78. The minimum absolute atomic E-state index is 0.547. The summed E-state index contributed by atoms with van der Waals surface area (Å²) in [4.78, 5) is 13.0. The standard InChI is InChI=1S/C6H13N3O2/c1-3-10-8-5-7-6-9-11-4-2/h5-6H,3-4H2,1-2H3,(H,7,8,9). The molecule has 0 rings (SSSR count). The van der Waals surface area contributed by atoms with E-state index in [2.05, 4.69) is 20.5 Å². The molecule has 0 saturated heterocycles. The zero-order chi connectivity index (χ0) is 8.36. The summed E-state index contributed by atoms with van der Waals surface area (Å²) in [6, 6.07) is 0. The van der Waals surface area contributed by atoms with Crippen molar-refractivity contribution in [3.63, 3.8) is 0 Å². The first-order valence-electron chi connectivity index (χ1n) is 3.44. The number of rotatable bonds is 6. The molecular formula is C6H13N3O2. The molecule has 0 heterocycles. The lowest BCUT2D eigenvalue weighted by Crippen LogP contribution is -2.11. The Morgan fingerprint density at radius 1 is 1.36 bits per heavy atom. The van der Waals surface area contributed by atoms with Gasteiger partial charge in [-0.25, -0.2) is 4.99 Å². The van der Waals surface area contributed by atoms with Crippen molar-refractivity contribution in [1.29, 1.82) is 0 Å². The number of nitrogens with zero attached hydrogens (tertiary/aromatic N) is 2. The minimum Gasteiger partial charge on any atom is -0.395 e. The van der Waals surface area contributed by atoms with Gasteiger partial charge in [-0.1, -0.05) is 5.16 Å². The third-order valence-corrected chi connectivity index (χ3v) is 0.672. The van der Waals surface area contributed by atoms with Gasteiger partial charge in [0, 0.05) is 0 Å². The highest BCUT2D eigenvalue weighted by molar-refractivity contribution is 5.69. The first kappa shape index (κ1) is 9.90. The Morgan fingerprint density at radius 2 is 2.18 bits per heavy atom. The monoisotopic (exact) mass is 159 g/mol. The SMILES string of the molecule is CCO/N=C/N=CNOCC. The molecule has 0 unspecified atom stereocenters. The van der Waals surface area contributed by atoms with E-state index in [1.54, 1.807) is 0 Å². The number of hydrogen-bond donors (Lipinski definition) is 1. The van der Waals surface area contributed by atoms with Crippen LogP contribution in [0.1, 0.15) is 13.8 Å². The molecule has 0 aliphatic rings. The van der Waals surface area contributed by atoms with E-state index in [1.807, 2.05) is 13.8 Å².